The average Bonchev–Trinajstić information content (AvgIpc) is 2.74. The summed E-state index contributed by atoms with van der Waals surface area (Å²) in [5.41, 5.74) is 0. The van der Waals surface area contributed by atoms with Crippen molar-refractivity contribution >= 4 is 56.4 Å². The summed E-state index contributed by atoms with van der Waals surface area (Å²) < 4.78 is 1.06. The minimum absolute atomic E-state index is 0.217. The maximum atomic E-state index is 11.8. The van der Waals surface area contributed by atoms with E-state index in [-0.39, 0.29) is 5.78 Å². The molecule has 1 heterocycles. The number of rotatable bonds is 5. The molecule has 2 rings (SSSR count). The molecule has 5 heteroatoms. The van der Waals surface area contributed by atoms with E-state index in [0.29, 0.717) is 17.2 Å². The first-order chi connectivity index (χ1) is 8.65. The smallest absolute Gasteiger partial charge is 0.148 e. The summed E-state index contributed by atoms with van der Waals surface area (Å²) in [6, 6.07) is 11.5. The number of carbonyl (C=O) groups excluding carboxylic acids is 1. The minimum atomic E-state index is 0.217. The zero-order valence-electron chi connectivity index (χ0n) is 9.36. The van der Waals surface area contributed by atoms with Crippen LogP contribution in [0.2, 0.25) is 5.02 Å². The van der Waals surface area contributed by atoms with Gasteiger partial charge in [-0.2, -0.15) is 0 Å². The summed E-state index contributed by atoms with van der Waals surface area (Å²) in [5, 5.41) is 0.703. The van der Waals surface area contributed by atoms with E-state index in [1.54, 1.807) is 11.3 Å². The van der Waals surface area contributed by atoms with E-state index in [2.05, 4.69) is 15.9 Å². The Bertz CT molecular complexity index is 553. The van der Waals surface area contributed by atoms with Crippen LogP contribution in [-0.2, 0) is 11.2 Å². The number of carbonyl (C=O) groups is 1. The molecule has 0 saturated heterocycles. The lowest BCUT2D eigenvalue weighted by atomic mass is 10.3. The van der Waals surface area contributed by atoms with Crippen LogP contribution in [0.15, 0.2) is 45.1 Å². The van der Waals surface area contributed by atoms with Gasteiger partial charge in [0.15, 0.2) is 0 Å². The van der Waals surface area contributed by atoms with Crippen LogP contribution < -0.4 is 0 Å². The molecule has 0 unspecified atom stereocenters. The molecule has 1 nitrogen and oxygen atoms in total. The normalized spacial score (nSPS) is 10.6. The Morgan fingerprint density at radius 1 is 1.28 bits per heavy atom. The van der Waals surface area contributed by atoms with Gasteiger partial charge in [0.05, 0.1) is 14.6 Å². The van der Waals surface area contributed by atoms with Gasteiger partial charge in [-0.25, -0.2) is 0 Å². The molecule has 0 aliphatic rings. The maximum absolute atomic E-state index is 11.8. The Hall–Kier alpha value is -0.290. The average molecular weight is 362 g/mol. The van der Waals surface area contributed by atoms with Crippen molar-refractivity contribution in [2.45, 2.75) is 11.3 Å². The molecule has 1 aromatic carbocycles. The molecule has 0 aliphatic carbocycles. The molecule has 0 radical (unpaired) electrons. The van der Waals surface area contributed by atoms with Crippen molar-refractivity contribution in [3.8, 4) is 0 Å². The lowest BCUT2D eigenvalue weighted by molar-refractivity contribution is -0.115. The third-order valence-electron chi connectivity index (χ3n) is 2.23. The molecule has 0 N–H and O–H groups in total. The maximum Gasteiger partial charge on any atom is 0.148 e. The third kappa shape index (κ3) is 4.12. The molecule has 0 bridgehead atoms. The Labute approximate surface area is 128 Å². The van der Waals surface area contributed by atoms with E-state index in [4.69, 9.17) is 11.6 Å². The molecule has 0 saturated carbocycles. The van der Waals surface area contributed by atoms with Crippen molar-refractivity contribution in [2.24, 2.45) is 0 Å². The molecule has 0 atom stereocenters. The summed E-state index contributed by atoms with van der Waals surface area (Å²) in [6.07, 6.45) is 0.494. The number of thioether (sulfide) groups is 1. The van der Waals surface area contributed by atoms with Gasteiger partial charge in [0.1, 0.15) is 5.78 Å². The van der Waals surface area contributed by atoms with Crippen LogP contribution >= 0.6 is 50.6 Å². The molecule has 0 spiro atoms. The van der Waals surface area contributed by atoms with Crippen LogP contribution in [0.25, 0.3) is 0 Å². The Kier molecular flexibility index (Phi) is 5.30. The van der Waals surface area contributed by atoms with E-state index in [1.807, 2.05) is 36.4 Å². The predicted octanol–water partition coefficient (Wildman–Crippen LogP) is 5.07. The fourth-order valence-electron chi connectivity index (χ4n) is 1.41. The van der Waals surface area contributed by atoms with Crippen LogP contribution in [0.1, 0.15) is 4.88 Å². The van der Waals surface area contributed by atoms with Crippen molar-refractivity contribution in [1.29, 1.82) is 0 Å². The molecular formula is C13H10BrClOS2. The van der Waals surface area contributed by atoms with Gasteiger partial charge in [0, 0.05) is 16.2 Å². The monoisotopic (exact) mass is 360 g/mol. The van der Waals surface area contributed by atoms with Gasteiger partial charge in [-0.3, -0.25) is 4.79 Å². The Morgan fingerprint density at radius 3 is 2.72 bits per heavy atom. The summed E-state index contributed by atoms with van der Waals surface area (Å²) in [4.78, 5) is 13.9. The second-order valence-electron chi connectivity index (χ2n) is 3.64. The SMILES string of the molecule is O=C(CSc1ccccc1Cl)Cc1ccc(Br)s1. The van der Waals surface area contributed by atoms with Gasteiger partial charge in [-0.05, 0) is 40.2 Å². The summed E-state index contributed by atoms with van der Waals surface area (Å²) >= 11 is 12.5. The molecule has 18 heavy (non-hydrogen) atoms. The zero-order chi connectivity index (χ0) is 13.0. The summed E-state index contributed by atoms with van der Waals surface area (Å²) in [5.74, 6) is 0.675. The standard InChI is InChI=1S/C13H10BrClOS2/c14-13-6-5-10(18-13)7-9(16)8-17-12-4-2-1-3-11(12)15/h1-6H,7-8H2. The quantitative estimate of drug-likeness (QED) is 0.692. The number of Topliss-reactive ketones (excluding diaryl/α,β-unsaturated/α-hetero) is 1. The first kappa shape index (κ1) is 14.1. The fraction of sp³-hybridized carbons (Fsp3) is 0.154. The largest absolute Gasteiger partial charge is 0.298 e. The van der Waals surface area contributed by atoms with E-state index < -0.39 is 0 Å². The van der Waals surface area contributed by atoms with E-state index >= 15 is 0 Å². The highest BCUT2D eigenvalue weighted by molar-refractivity contribution is 9.11. The van der Waals surface area contributed by atoms with Gasteiger partial charge in [-0.15, -0.1) is 23.1 Å². The minimum Gasteiger partial charge on any atom is -0.298 e. The van der Waals surface area contributed by atoms with E-state index in [0.717, 1.165) is 13.6 Å². The van der Waals surface area contributed by atoms with Crippen molar-refractivity contribution in [1.82, 2.24) is 0 Å². The van der Waals surface area contributed by atoms with E-state index in [9.17, 15) is 4.79 Å². The fourth-order valence-corrected chi connectivity index (χ4v) is 4.02. The van der Waals surface area contributed by atoms with Crippen LogP contribution in [0.4, 0.5) is 0 Å². The molecule has 2 aromatic rings. The number of hydrogen-bond donors (Lipinski definition) is 0. The number of halogens is 2. The van der Waals surface area contributed by atoms with E-state index in [1.165, 1.54) is 11.8 Å². The second-order valence-corrected chi connectivity index (χ2v) is 7.61. The number of thiophene rings is 1. The molecule has 0 amide bonds. The van der Waals surface area contributed by atoms with Crippen LogP contribution in [0.5, 0.6) is 0 Å². The Morgan fingerprint density at radius 2 is 2.06 bits per heavy atom. The van der Waals surface area contributed by atoms with Gasteiger partial charge >= 0.3 is 0 Å². The van der Waals surface area contributed by atoms with Crippen molar-refractivity contribution in [2.75, 3.05) is 5.75 Å². The molecule has 1 aromatic heterocycles. The predicted molar refractivity (Wildman–Crippen MR) is 82.9 cm³/mol. The second kappa shape index (κ2) is 6.75. The summed E-state index contributed by atoms with van der Waals surface area (Å²) in [6.45, 7) is 0. The number of benzene rings is 1. The van der Waals surface area contributed by atoms with Crippen molar-refractivity contribution in [3.05, 3.63) is 50.1 Å². The van der Waals surface area contributed by atoms with Gasteiger partial charge in [0.2, 0.25) is 0 Å². The van der Waals surface area contributed by atoms with Gasteiger partial charge in [-0.1, -0.05) is 23.7 Å². The van der Waals surface area contributed by atoms with Crippen LogP contribution in [0.3, 0.4) is 0 Å². The van der Waals surface area contributed by atoms with Crippen LogP contribution in [0, 0.1) is 0 Å². The summed E-state index contributed by atoms with van der Waals surface area (Å²) in [7, 11) is 0. The number of ketones is 1. The first-order valence-corrected chi connectivity index (χ1v) is 8.25. The third-order valence-corrected chi connectivity index (χ3v) is 5.42. The van der Waals surface area contributed by atoms with Crippen molar-refractivity contribution < 1.29 is 4.79 Å². The van der Waals surface area contributed by atoms with Gasteiger partial charge < -0.3 is 0 Å². The first-order valence-electron chi connectivity index (χ1n) is 5.28. The Balaban J connectivity index is 1.87. The lowest BCUT2D eigenvalue weighted by Crippen LogP contribution is -2.04. The van der Waals surface area contributed by atoms with Gasteiger partial charge in [0.25, 0.3) is 0 Å². The van der Waals surface area contributed by atoms with Crippen LogP contribution in [-0.4, -0.2) is 11.5 Å². The molecule has 94 valence electrons. The van der Waals surface area contributed by atoms with Crippen molar-refractivity contribution in [3.63, 3.8) is 0 Å². The highest BCUT2D eigenvalue weighted by Gasteiger charge is 2.08. The number of hydrogen-bond acceptors (Lipinski definition) is 3. The molecular weight excluding hydrogens is 352 g/mol. The lowest BCUT2D eigenvalue weighted by Gasteiger charge is -2.02. The topological polar surface area (TPSA) is 17.1 Å². The highest BCUT2D eigenvalue weighted by atomic mass is 79.9. The molecule has 0 fully saturated rings. The highest BCUT2D eigenvalue weighted by Crippen LogP contribution is 2.27. The zero-order valence-corrected chi connectivity index (χ0v) is 13.3. The molecule has 0 aliphatic heterocycles.